The molecule has 0 amide bonds. The highest BCUT2D eigenvalue weighted by Crippen LogP contribution is 2.33. The lowest BCUT2D eigenvalue weighted by atomic mass is 9.78. The first-order chi connectivity index (χ1) is 8.39. The number of carbonyl (C=O) groups excluding carboxylic acids is 1. The molecule has 1 unspecified atom stereocenters. The van der Waals surface area contributed by atoms with E-state index in [0.29, 0.717) is 25.7 Å². The third kappa shape index (κ3) is 4.26. The Kier molecular flexibility index (Phi) is 3.53. The fraction of sp³-hybridized carbons (Fsp3) is 0.923. The Hall–Kier alpha value is -0.330. The smallest absolute Gasteiger partial charge is 0.119 e. The molecule has 0 saturated heterocycles. The molecule has 0 N–H and O–H groups in total. The lowest BCUT2D eigenvalue weighted by Crippen LogP contribution is -2.14. The summed E-state index contributed by atoms with van der Waals surface area (Å²) >= 11 is 0. The van der Waals surface area contributed by atoms with Crippen LogP contribution in [0.2, 0.25) is 0 Å². The first-order valence-corrected chi connectivity index (χ1v) is 5.75. The monoisotopic (exact) mass is 200 g/mol. The zero-order chi connectivity index (χ0) is 13.8. The average Bonchev–Trinajstić information content (AvgIpc) is 2.32. The molecule has 0 aromatic heterocycles. The summed E-state index contributed by atoms with van der Waals surface area (Å²) in [4.78, 5) is 10.3. The molecule has 0 aromatic carbocycles. The van der Waals surface area contributed by atoms with E-state index in [2.05, 4.69) is 6.92 Å². The van der Waals surface area contributed by atoms with Crippen LogP contribution >= 0.6 is 0 Å². The van der Waals surface area contributed by atoms with E-state index in [1.165, 1.54) is 0 Å². The summed E-state index contributed by atoms with van der Waals surface area (Å²) in [6.07, 6.45) is 2.69. The van der Waals surface area contributed by atoms with Crippen LogP contribution in [-0.4, -0.2) is 6.29 Å². The van der Waals surface area contributed by atoms with Crippen LogP contribution in [-0.2, 0) is 4.79 Å². The largest absolute Gasteiger partial charge is 0.303 e. The van der Waals surface area contributed by atoms with E-state index in [1.807, 2.05) is 0 Å². The highest BCUT2D eigenvalue weighted by molar-refractivity contribution is 5.48. The Morgan fingerprint density at radius 3 is 3.07 bits per heavy atom. The first kappa shape index (κ1) is 7.03. The summed E-state index contributed by atoms with van der Waals surface area (Å²) in [7, 11) is 0. The molecule has 0 heterocycles. The van der Waals surface area contributed by atoms with Crippen molar-refractivity contribution in [1.82, 2.24) is 0 Å². The van der Waals surface area contributed by atoms with E-state index < -0.39 is 18.7 Å². The molecule has 82 valence electrons. The molecule has 1 nitrogen and oxygen atoms in total. The topological polar surface area (TPSA) is 17.1 Å². The molecule has 1 saturated carbocycles. The lowest BCUT2D eigenvalue weighted by molar-refractivity contribution is -0.108. The van der Waals surface area contributed by atoms with Crippen molar-refractivity contribution in [2.75, 3.05) is 0 Å². The summed E-state index contributed by atoms with van der Waals surface area (Å²) < 4.78 is 32.7. The van der Waals surface area contributed by atoms with E-state index in [9.17, 15) is 4.79 Å². The number of carbonyl (C=O) groups is 1. The maximum atomic E-state index is 10.3. The van der Waals surface area contributed by atoms with E-state index in [1.54, 1.807) is 0 Å². The van der Waals surface area contributed by atoms with Crippen molar-refractivity contribution in [2.45, 2.75) is 64.6 Å². The zero-order valence-corrected chi connectivity index (χ0v) is 9.09. The maximum absolute atomic E-state index is 10.3. The number of unbranched alkanes of at least 4 members (excludes halogenated alkanes) is 1. The van der Waals surface area contributed by atoms with Crippen molar-refractivity contribution in [1.29, 1.82) is 0 Å². The molecule has 0 radical (unpaired) electrons. The van der Waals surface area contributed by atoms with Gasteiger partial charge in [0.25, 0.3) is 0 Å². The Morgan fingerprint density at radius 1 is 1.50 bits per heavy atom. The quantitative estimate of drug-likeness (QED) is 0.468. The summed E-state index contributed by atoms with van der Waals surface area (Å²) in [5, 5.41) is 0. The van der Waals surface area contributed by atoms with Gasteiger partial charge in [0.1, 0.15) is 6.29 Å². The molecular weight excluding hydrogens is 172 g/mol. The summed E-state index contributed by atoms with van der Waals surface area (Å²) in [6.45, 7) is 2.05. The van der Waals surface area contributed by atoms with Crippen LogP contribution in [0.4, 0.5) is 0 Å². The Labute approximate surface area is 93.9 Å². The van der Waals surface area contributed by atoms with Crippen LogP contribution in [0, 0.1) is 11.8 Å². The molecular formula is C13H24O. The van der Waals surface area contributed by atoms with Crippen molar-refractivity contribution in [2.24, 2.45) is 11.8 Å². The second-order valence-corrected chi connectivity index (χ2v) is 4.06. The van der Waals surface area contributed by atoms with Gasteiger partial charge >= 0.3 is 0 Å². The minimum atomic E-state index is -1.77. The van der Waals surface area contributed by atoms with Gasteiger partial charge in [-0.05, 0) is 18.2 Å². The summed E-state index contributed by atoms with van der Waals surface area (Å²) in [6, 6.07) is 0. The van der Waals surface area contributed by atoms with Gasteiger partial charge in [-0.1, -0.05) is 51.8 Å². The molecule has 0 spiro atoms. The van der Waals surface area contributed by atoms with Crippen LogP contribution < -0.4 is 0 Å². The van der Waals surface area contributed by atoms with Crippen molar-refractivity contribution < 1.29 is 10.3 Å². The van der Waals surface area contributed by atoms with Gasteiger partial charge in [-0.25, -0.2) is 0 Å². The second kappa shape index (κ2) is 7.03. The van der Waals surface area contributed by atoms with Crippen LogP contribution in [0.15, 0.2) is 0 Å². The summed E-state index contributed by atoms with van der Waals surface area (Å²) in [5.74, 6) is -1.11. The highest BCUT2D eigenvalue weighted by atomic mass is 16.1. The van der Waals surface area contributed by atoms with Gasteiger partial charge in [-0.15, -0.1) is 0 Å². The molecule has 0 bridgehead atoms. The molecule has 1 fully saturated rings. The van der Waals surface area contributed by atoms with Crippen LogP contribution in [0.1, 0.15) is 70.1 Å². The SMILES string of the molecule is [2H]C1[C@@H](CCC)CC[C@]([2H])(CCCC=O)C1([2H])[2H]. The molecule has 1 aliphatic carbocycles. The van der Waals surface area contributed by atoms with E-state index in [0.717, 1.165) is 25.5 Å². The molecule has 1 aliphatic rings. The Morgan fingerprint density at radius 2 is 2.36 bits per heavy atom. The fourth-order valence-electron chi connectivity index (χ4n) is 1.95. The normalized spacial score (nSPS) is 45.8. The van der Waals surface area contributed by atoms with Gasteiger partial charge in [0.2, 0.25) is 0 Å². The van der Waals surface area contributed by atoms with Gasteiger partial charge in [-0.3, -0.25) is 0 Å². The van der Waals surface area contributed by atoms with Crippen LogP contribution in [0.25, 0.3) is 0 Å². The van der Waals surface area contributed by atoms with E-state index in [4.69, 9.17) is 5.48 Å². The van der Waals surface area contributed by atoms with Crippen molar-refractivity contribution in [3.63, 3.8) is 0 Å². The van der Waals surface area contributed by atoms with Gasteiger partial charge in [-0.2, -0.15) is 0 Å². The minimum Gasteiger partial charge on any atom is -0.303 e. The summed E-state index contributed by atoms with van der Waals surface area (Å²) in [5.41, 5.74) is 0. The Balaban J connectivity index is 2.74. The molecule has 0 aliphatic heterocycles. The van der Waals surface area contributed by atoms with E-state index in [-0.39, 0.29) is 5.92 Å². The fourth-order valence-corrected chi connectivity index (χ4v) is 1.95. The van der Waals surface area contributed by atoms with Crippen molar-refractivity contribution in [3.8, 4) is 0 Å². The number of aldehydes is 1. The maximum Gasteiger partial charge on any atom is 0.119 e. The predicted molar refractivity (Wildman–Crippen MR) is 60.3 cm³/mol. The molecule has 3 atom stereocenters. The van der Waals surface area contributed by atoms with Crippen LogP contribution in [0.3, 0.4) is 0 Å². The van der Waals surface area contributed by atoms with Gasteiger partial charge in [0.15, 0.2) is 0 Å². The van der Waals surface area contributed by atoms with Gasteiger partial charge < -0.3 is 4.79 Å². The third-order valence-corrected chi connectivity index (χ3v) is 2.80. The van der Waals surface area contributed by atoms with E-state index >= 15 is 0 Å². The van der Waals surface area contributed by atoms with Crippen LogP contribution in [0.5, 0.6) is 0 Å². The predicted octanol–water partition coefficient (Wildman–Crippen LogP) is 3.96. The minimum absolute atomic E-state index is 0.0783. The zero-order valence-electron chi connectivity index (χ0n) is 13.1. The molecule has 0 aromatic rings. The average molecular weight is 200 g/mol. The third-order valence-electron chi connectivity index (χ3n) is 2.80. The highest BCUT2D eigenvalue weighted by Gasteiger charge is 2.19. The van der Waals surface area contributed by atoms with Crippen molar-refractivity contribution in [3.05, 3.63) is 0 Å². The number of hydrogen-bond donors (Lipinski definition) is 0. The van der Waals surface area contributed by atoms with Crippen molar-refractivity contribution >= 4 is 6.29 Å². The standard InChI is InChI=1S/C13H24O/c1-2-5-12-7-9-13(10-8-12)6-3-4-11-14/h11-13H,2-10H2,1H3/t12-,13-/i7D,9D2,13D/t7?,12-,13-/m1/s1. The number of rotatable bonds is 6. The molecule has 1 heteroatoms. The second-order valence-electron chi connectivity index (χ2n) is 4.06. The molecule has 14 heavy (non-hydrogen) atoms. The van der Waals surface area contributed by atoms with Gasteiger partial charge in [0, 0.05) is 11.9 Å². The molecule has 1 rings (SSSR count). The lowest BCUT2D eigenvalue weighted by Gasteiger charge is -2.28. The Bertz CT molecular complexity index is 282. The van der Waals surface area contributed by atoms with Gasteiger partial charge in [0.05, 0.1) is 0 Å². The first-order valence-electron chi connectivity index (χ1n) is 7.82. The number of hydrogen-bond acceptors (Lipinski definition) is 1.